The molecule has 0 bridgehead atoms. The highest BCUT2D eigenvalue weighted by molar-refractivity contribution is 7.87. The molecule has 0 aliphatic carbocycles. The van der Waals surface area contributed by atoms with Crippen LogP contribution < -0.4 is 0 Å². The molecule has 0 amide bonds. The van der Waals surface area contributed by atoms with E-state index in [-0.39, 0.29) is 0 Å². The van der Waals surface area contributed by atoms with Crippen LogP contribution in [0.1, 0.15) is 32.6 Å². The smallest absolute Gasteiger partial charge is 0.325 e. The van der Waals surface area contributed by atoms with Crippen LogP contribution in [0, 0.1) is 0 Å². The molecule has 7 nitrogen and oxygen atoms in total. The quantitative estimate of drug-likeness (QED) is 0.363. The molecular weight excluding hydrogens is 264 g/mol. The van der Waals surface area contributed by atoms with Crippen molar-refractivity contribution < 1.29 is 32.8 Å². The Kier molecular flexibility index (Phi) is 10.1. The third kappa shape index (κ3) is 11.1. The van der Waals surface area contributed by atoms with E-state index in [9.17, 15) is 18.0 Å². The van der Waals surface area contributed by atoms with Gasteiger partial charge in [0, 0.05) is 0 Å². The van der Waals surface area contributed by atoms with Gasteiger partial charge < -0.3 is 10.2 Å². The van der Waals surface area contributed by atoms with Crippen LogP contribution in [0.15, 0.2) is 12.7 Å². The summed E-state index contributed by atoms with van der Waals surface area (Å²) in [5.74, 6) is -3.50. The highest BCUT2D eigenvalue weighted by Crippen LogP contribution is 2.04. The maximum absolute atomic E-state index is 10.2. The average molecular weight is 282 g/mol. The van der Waals surface area contributed by atoms with Gasteiger partial charge in [0.15, 0.2) is 5.25 Å². The van der Waals surface area contributed by atoms with Crippen molar-refractivity contribution in [2.75, 3.05) is 0 Å². The predicted octanol–water partition coefficient (Wildman–Crippen LogP) is 1.16. The summed E-state index contributed by atoms with van der Waals surface area (Å²) in [7, 11) is -4.84. The number of carboxylic acid groups (broad SMARTS) is 2. The standard InChI is InChI=1S/C6H12.C4H6O7S/c1-3-5-6-4-2;5-3(6)1-2(4(7)8)12(9,10)11/h3H,1,4-6H2,2H3;2H,1H2,(H,5,6)(H,7,8)(H,9,10,11). The summed E-state index contributed by atoms with van der Waals surface area (Å²) in [5.41, 5.74) is 0. The van der Waals surface area contributed by atoms with Crippen molar-refractivity contribution in [3.8, 4) is 0 Å². The molecule has 0 fully saturated rings. The Morgan fingerprint density at radius 2 is 1.83 bits per heavy atom. The fraction of sp³-hybridized carbons (Fsp3) is 0.600. The second-order valence-corrected chi connectivity index (χ2v) is 4.97. The Morgan fingerprint density at radius 1 is 1.33 bits per heavy atom. The molecule has 0 aliphatic rings. The lowest BCUT2D eigenvalue weighted by Gasteiger charge is -2.04. The highest BCUT2D eigenvalue weighted by atomic mass is 32.2. The zero-order chi connectivity index (χ0) is 14.8. The minimum Gasteiger partial charge on any atom is -0.481 e. The maximum atomic E-state index is 10.2. The molecule has 0 saturated carbocycles. The molecule has 106 valence electrons. The van der Waals surface area contributed by atoms with Crippen molar-refractivity contribution in [1.29, 1.82) is 0 Å². The van der Waals surface area contributed by atoms with Gasteiger partial charge in [-0.05, 0) is 6.42 Å². The van der Waals surface area contributed by atoms with Crippen LogP contribution in [-0.4, -0.2) is 40.4 Å². The molecule has 1 unspecified atom stereocenters. The first-order valence-corrected chi connectivity index (χ1v) is 6.68. The minimum atomic E-state index is -4.84. The summed E-state index contributed by atoms with van der Waals surface area (Å²) in [6, 6.07) is 0. The number of unbranched alkanes of at least 4 members (excludes halogenated alkanes) is 2. The summed E-state index contributed by atoms with van der Waals surface area (Å²) >= 11 is 0. The van der Waals surface area contributed by atoms with E-state index >= 15 is 0 Å². The third-order valence-corrected chi connectivity index (χ3v) is 2.84. The van der Waals surface area contributed by atoms with Gasteiger partial charge in [-0.1, -0.05) is 25.8 Å². The van der Waals surface area contributed by atoms with E-state index in [1.54, 1.807) is 0 Å². The maximum Gasteiger partial charge on any atom is 0.325 e. The molecule has 0 aromatic carbocycles. The minimum absolute atomic E-state index is 1.16. The van der Waals surface area contributed by atoms with Gasteiger partial charge in [0.05, 0.1) is 6.42 Å². The number of hydrogen-bond acceptors (Lipinski definition) is 4. The van der Waals surface area contributed by atoms with Crippen LogP contribution in [-0.2, 0) is 19.7 Å². The Balaban J connectivity index is 0. The molecule has 0 rings (SSSR count). The molecule has 3 N–H and O–H groups in total. The number of allylic oxidation sites excluding steroid dienone is 1. The Hall–Kier alpha value is -1.41. The summed E-state index contributed by atoms with van der Waals surface area (Å²) in [5, 5.41) is 13.9. The van der Waals surface area contributed by atoms with E-state index in [0.29, 0.717) is 0 Å². The SMILES string of the molecule is C=CCCCC.O=C(O)CC(C(=O)O)S(=O)(=O)O. The van der Waals surface area contributed by atoms with Crippen molar-refractivity contribution in [3.05, 3.63) is 12.7 Å². The Morgan fingerprint density at radius 3 is 1.94 bits per heavy atom. The molecule has 18 heavy (non-hydrogen) atoms. The third-order valence-electron chi connectivity index (χ3n) is 1.76. The number of hydrogen-bond donors (Lipinski definition) is 3. The molecule has 0 radical (unpaired) electrons. The van der Waals surface area contributed by atoms with Crippen molar-refractivity contribution in [3.63, 3.8) is 0 Å². The lowest BCUT2D eigenvalue weighted by Crippen LogP contribution is -2.31. The molecule has 0 spiro atoms. The zero-order valence-electron chi connectivity index (χ0n) is 10.1. The van der Waals surface area contributed by atoms with E-state index in [4.69, 9.17) is 14.8 Å². The van der Waals surface area contributed by atoms with Gasteiger partial charge >= 0.3 is 11.9 Å². The first-order chi connectivity index (χ1) is 8.16. The predicted molar refractivity (Wildman–Crippen MR) is 64.9 cm³/mol. The van der Waals surface area contributed by atoms with Crippen LogP contribution in [0.5, 0.6) is 0 Å². The van der Waals surface area contributed by atoms with E-state index in [2.05, 4.69) is 13.5 Å². The van der Waals surface area contributed by atoms with Crippen LogP contribution in [0.3, 0.4) is 0 Å². The first-order valence-electron chi connectivity index (χ1n) is 5.18. The van der Waals surface area contributed by atoms with Gasteiger partial charge in [0.1, 0.15) is 0 Å². The molecule has 0 aliphatic heterocycles. The molecule has 0 aromatic heterocycles. The highest BCUT2D eigenvalue weighted by Gasteiger charge is 2.33. The number of carboxylic acids is 2. The van der Waals surface area contributed by atoms with Gasteiger partial charge in [0.25, 0.3) is 10.1 Å². The van der Waals surface area contributed by atoms with E-state index in [1.165, 1.54) is 19.3 Å². The van der Waals surface area contributed by atoms with Crippen LogP contribution in [0.2, 0.25) is 0 Å². The Bertz CT molecular complexity index is 372. The fourth-order valence-corrected chi connectivity index (χ4v) is 1.44. The molecular formula is C10H18O7S. The second-order valence-electron chi connectivity index (χ2n) is 3.37. The largest absolute Gasteiger partial charge is 0.481 e. The Labute approximate surface area is 106 Å². The molecule has 0 saturated heterocycles. The summed E-state index contributed by atoms with van der Waals surface area (Å²) in [6.07, 6.45) is 4.56. The molecule has 0 aromatic rings. The normalized spacial score (nSPS) is 11.9. The van der Waals surface area contributed by atoms with Gasteiger partial charge in [-0.3, -0.25) is 14.1 Å². The average Bonchev–Trinajstić information content (AvgIpc) is 2.21. The van der Waals surface area contributed by atoms with Gasteiger partial charge in [0.2, 0.25) is 0 Å². The second kappa shape index (κ2) is 9.60. The van der Waals surface area contributed by atoms with Crippen molar-refractivity contribution in [1.82, 2.24) is 0 Å². The van der Waals surface area contributed by atoms with E-state index < -0.39 is 33.7 Å². The van der Waals surface area contributed by atoms with Crippen LogP contribution >= 0.6 is 0 Å². The van der Waals surface area contributed by atoms with Crippen LogP contribution in [0.4, 0.5) is 0 Å². The summed E-state index contributed by atoms with van der Waals surface area (Å²) in [6.45, 7) is 5.78. The lowest BCUT2D eigenvalue weighted by atomic mass is 10.3. The van der Waals surface area contributed by atoms with Crippen molar-refractivity contribution >= 4 is 22.1 Å². The van der Waals surface area contributed by atoms with Gasteiger partial charge in [-0.25, -0.2) is 0 Å². The topological polar surface area (TPSA) is 129 Å². The summed E-state index contributed by atoms with van der Waals surface area (Å²) in [4.78, 5) is 20.0. The number of carbonyl (C=O) groups is 2. The monoisotopic (exact) mass is 282 g/mol. The lowest BCUT2D eigenvalue weighted by molar-refractivity contribution is -0.143. The van der Waals surface area contributed by atoms with Gasteiger partial charge in [-0.15, -0.1) is 6.58 Å². The fourth-order valence-electron chi connectivity index (χ4n) is 0.827. The molecule has 0 heterocycles. The number of aliphatic carboxylic acids is 2. The van der Waals surface area contributed by atoms with Crippen molar-refractivity contribution in [2.24, 2.45) is 0 Å². The summed E-state index contributed by atoms with van der Waals surface area (Å²) < 4.78 is 28.7. The zero-order valence-corrected chi connectivity index (χ0v) is 10.9. The van der Waals surface area contributed by atoms with Crippen LogP contribution in [0.25, 0.3) is 0 Å². The molecule has 1 atom stereocenters. The number of rotatable bonds is 7. The molecule has 8 heteroatoms. The van der Waals surface area contributed by atoms with E-state index in [0.717, 1.165) is 0 Å². The van der Waals surface area contributed by atoms with E-state index in [1.807, 2.05) is 6.08 Å². The van der Waals surface area contributed by atoms with Gasteiger partial charge in [-0.2, -0.15) is 8.42 Å². The van der Waals surface area contributed by atoms with Crippen molar-refractivity contribution in [2.45, 2.75) is 37.9 Å². The first kappa shape index (κ1) is 18.9.